The molecule has 21 heavy (non-hydrogen) atoms. The molecule has 2 aromatic rings. The van der Waals surface area contributed by atoms with Gasteiger partial charge in [-0.25, -0.2) is 0 Å². The Hall–Kier alpha value is -1.10. The van der Waals surface area contributed by atoms with Gasteiger partial charge in [-0.3, -0.25) is 4.90 Å². The van der Waals surface area contributed by atoms with Gasteiger partial charge in [-0.05, 0) is 68.9 Å². The summed E-state index contributed by atoms with van der Waals surface area (Å²) in [6.45, 7) is 8.47. The summed E-state index contributed by atoms with van der Waals surface area (Å²) in [7, 11) is 0. The highest BCUT2D eigenvalue weighted by Crippen LogP contribution is 2.26. The second-order valence-electron chi connectivity index (χ2n) is 5.86. The Morgan fingerprint density at radius 3 is 2.67 bits per heavy atom. The van der Waals surface area contributed by atoms with E-state index in [0.717, 1.165) is 24.6 Å². The molecule has 1 aliphatic heterocycles. The minimum absolute atomic E-state index is 0.362. The molecular formula is C17H24N2OS. The van der Waals surface area contributed by atoms with Crippen molar-refractivity contribution in [1.82, 2.24) is 10.2 Å². The van der Waals surface area contributed by atoms with Crippen LogP contribution in [0.1, 0.15) is 40.8 Å². The lowest BCUT2D eigenvalue weighted by Gasteiger charge is -2.26. The van der Waals surface area contributed by atoms with Crippen molar-refractivity contribution in [2.45, 2.75) is 39.3 Å². The second kappa shape index (κ2) is 6.77. The van der Waals surface area contributed by atoms with E-state index < -0.39 is 0 Å². The molecule has 1 atom stereocenters. The van der Waals surface area contributed by atoms with Gasteiger partial charge in [0.15, 0.2) is 0 Å². The summed E-state index contributed by atoms with van der Waals surface area (Å²) in [5.41, 5.74) is 1.39. The highest BCUT2D eigenvalue weighted by Gasteiger charge is 2.25. The SMILES string of the molecule is Cc1ccc(C(CNCc2sccc2C)N2CCCC2)o1. The molecule has 1 N–H and O–H groups in total. The van der Waals surface area contributed by atoms with E-state index in [4.69, 9.17) is 4.42 Å². The third-order valence-electron chi connectivity index (χ3n) is 4.26. The van der Waals surface area contributed by atoms with Crippen LogP contribution in [-0.2, 0) is 6.54 Å². The molecule has 0 spiro atoms. The molecule has 0 saturated carbocycles. The van der Waals surface area contributed by atoms with Crippen LogP contribution in [-0.4, -0.2) is 24.5 Å². The molecule has 0 aromatic carbocycles. The average molecular weight is 304 g/mol. The third-order valence-corrected chi connectivity index (χ3v) is 5.29. The van der Waals surface area contributed by atoms with Gasteiger partial charge in [0, 0.05) is 18.0 Å². The molecular weight excluding hydrogens is 280 g/mol. The number of rotatable bonds is 6. The third kappa shape index (κ3) is 3.57. The van der Waals surface area contributed by atoms with E-state index >= 15 is 0 Å². The smallest absolute Gasteiger partial charge is 0.122 e. The molecule has 3 rings (SSSR count). The Morgan fingerprint density at radius 1 is 1.24 bits per heavy atom. The molecule has 0 bridgehead atoms. The molecule has 1 fully saturated rings. The van der Waals surface area contributed by atoms with Gasteiger partial charge in [0.2, 0.25) is 0 Å². The number of thiophene rings is 1. The lowest BCUT2D eigenvalue weighted by Crippen LogP contribution is -2.33. The van der Waals surface area contributed by atoms with Gasteiger partial charge in [-0.1, -0.05) is 0 Å². The fraction of sp³-hybridized carbons (Fsp3) is 0.529. The van der Waals surface area contributed by atoms with E-state index in [9.17, 15) is 0 Å². The van der Waals surface area contributed by atoms with Gasteiger partial charge >= 0.3 is 0 Å². The Morgan fingerprint density at radius 2 is 2.05 bits per heavy atom. The van der Waals surface area contributed by atoms with Gasteiger partial charge in [0.1, 0.15) is 11.5 Å². The fourth-order valence-corrected chi connectivity index (χ4v) is 3.88. The lowest BCUT2D eigenvalue weighted by molar-refractivity contribution is 0.207. The largest absolute Gasteiger partial charge is 0.465 e. The van der Waals surface area contributed by atoms with Crippen LogP contribution in [0.5, 0.6) is 0 Å². The topological polar surface area (TPSA) is 28.4 Å². The minimum atomic E-state index is 0.362. The molecule has 4 heteroatoms. The normalized spacial score (nSPS) is 17.4. The quantitative estimate of drug-likeness (QED) is 0.878. The Kier molecular flexibility index (Phi) is 4.78. The van der Waals surface area contributed by atoms with E-state index in [0.29, 0.717) is 6.04 Å². The predicted molar refractivity (Wildman–Crippen MR) is 87.8 cm³/mol. The van der Waals surface area contributed by atoms with Crippen molar-refractivity contribution in [3.05, 3.63) is 45.5 Å². The van der Waals surface area contributed by atoms with Crippen molar-refractivity contribution in [3.63, 3.8) is 0 Å². The van der Waals surface area contributed by atoms with Crippen molar-refractivity contribution in [1.29, 1.82) is 0 Å². The van der Waals surface area contributed by atoms with Crippen LogP contribution in [0.4, 0.5) is 0 Å². The summed E-state index contributed by atoms with van der Waals surface area (Å²) >= 11 is 1.83. The zero-order chi connectivity index (χ0) is 14.7. The zero-order valence-electron chi connectivity index (χ0n) is 12.9. The first-order valence-corrected chi connectivity index (χ1v) is 8.66. The number of furan rings is 1. The Bertz CT molecular complexity index is 569. The van der Waals surface area contributed by atoms with Crippen LogP contribution in [0.3, 0.4) is 0 Å². The number of hydrogen-bond acceptors (Lipinski definition) is 4. The number of nitrogens with one attached hydrogen (secondary N) is 1. The fourth-order valence-electron chi connectivity index (χ4n) is 3.00. The maximum absolute atomic E-state index is 5.89. The lowest BCUT2D eigenvalue weighted by atomic mass is 10.2. The molecule has 2 aromatic heterocycles. The van der Waals surface area contributed by atoms with Gasteiger partial charge in [-0.2, -0.15) is 0 Å². The number of aryl methyl sites for hydroxylation is 2. The zero-order valence-corrected chi connectivity index (χ0v) is 13.7. The van der Waals surface area contributed by atoms with Gasteiger partial charge in [-0.15, -0.1) is 11.3 Å². The highest BCUT2D eigenvalue weighted by molar-refractivity contribution is 7.10. The van der Waals surface area contributed by atoms with E-state index in [1.165, 1.54) is 36.4 Å². The van der Waals surface area contributed by atoms with Crippen molar-refractivity contribution in [2.75, 3.05) is 19.6 Å². The maximum atomic E-state index is 5.89. The molecule has 1 aliphatic rings. The van der Waals surface area contributed by atoms with Crippen molar-refractivity contribution < 1.29 is 4.42 Å². The van der Waals surface area contributed by atoms with Crippen LogP contribution >= 0.6 is 11.3 Å². The van der Waals surface area contributed by atoms with Crippen LogP contribution in [0, 0.1) is 13.8 Å². The van der Waals surface area contributed by atoms with E-state index in [1.807, 2.05) is 18.3 Å². The average Bonchev–Trinajstić information content (AvgIpc) is 3.18. The molecule has 0 amide bonds. The maximum Gasteiger partial charge on any atom is 0.122 e. The molecule has 1 unspecified atom stereocenters. The van der Waals surface area contributed by atoms with E-state index in [-0.39, 0.29) is 0 Å². The number of likely N-dealkylation sites (tertiary alicyclic amines) is 1. The van der Waals surface area contributed by atoms with Gasteiger partial charge in [0.05, 0.1) is 6.04 Å². The van der Waals surface area contributed by atoms with Crippen molar-refractivity contribution in [2.24, 2.45) is 0 Å². The van der Waals surface area contributed by atoms with Crippen LogP contribution in [0.2, 0.25) is 0 Å². The summed E-state index contributed by atoms with van der Waals surface area (Å²) in [4.78, 5) is 3.98. The molecule has 0 aliphatic carbocycles. The number of nitrogens with zero attached hydrogens (tertiary/aromatic N) is 1. The second-order valence-corrected chi connectivity index (χ2v) is 6.87. The monoisotopic (exact) mass is 304 g/mol. The summed E-state index contributed by atoms with van der Waals surface area (Å²) in [5.74, 6) is 2.10. The Labute approximate surface area is 131 Å². The summed E-state index contributed by atoms with van der Waals surface area (Å²) in [5, 5.41) is 5.79. The summed E-state index contributed by atoms with van der Waals surface area (Å²) < 4.78 is 5.89. The summed E-state index contributed by atoms with van der Waals surface area (Å²) in [6, 6.07) is 6.76. The molecule has 1 saturated heterocycles. The molecule has 114 valence electrons. The van der Waals surface area contributed by atoms with Gasteiger partial charge < -0.3 is 9.73 Å². The first kappa shape index (κ1) is 14.8. The molecule has 3 nitrogen and oxygen atoms in total. The van der Waals surface area contributed by atoms with Crippen molar-refractivity contribution >= 4 is 11.3 Å². The molecule has 3 heterocycles. The Balaban J connectivity index is 1.63. The highest BCUT2D eigenvalue weighted by atomic mass is 32.1. The van der Waals surface area contributed by atoms with Gasteiger partial charge in [0.25, 0.3) is 0 Å². The standard InChI is InChI=1S/C17H24N2OS/c1-13-7-10-21-17(13)12-18-11-15(19-8-3-4-9-19)16-6-5-14(2)20-16/h5-7,10,15,18H,3-4,8-9,11-12H2,1-2H3. The minimum Gasteiger partial charge on any atom is -0.465 e. The summed E-state index contributed by atoms with van der Waals surface area (Å²) in [6.07, 6.45) is 2.61. The van der Waals surface area contributed by atoms with E-state index in [2.05, 4.69) is 40.7 Å². The first-order chi connectivity index (χ1) is 10.2. The van der Waals surface area contributed by atoms with E-state index in [1.54, 1.807) is 0 Å². The first-order valence-electron chi connectivity index (χ1n) is 7.78. The molecule has 0 radical (unpaired) electrons. The van der Waals surface area contributed by atoms with Crippen LogP contribution < -0.4 is 5.32 Å². The van der Waals surface area contributed by atoms with Crippen LogP contribution in [0.25, 0.3) is 0 Å². The van der Waals surface area contributed by atoms with Crippen LogP contribution in [0.15, 0.2) is 28.0 Å². The predicted octanol–water partition coefficient (Wildman–Crippen LogP) is 3.88. The van der Waals surface area contributed by atoms with Crippen molar-refractivity contribution in [3.8, 4) is 0 Å². The number of hydrogen-bond donors (Lipinski definition) is 1.